The van der Waals surface area contributed by atoms with Crippen molar-refractivity contribution >= 4 is 29.5 Å². The van der Waals surface area contributed by atoms with E-state index in [1.54, 1.807) is 24.3 Å². The first-order valence-electron chi connectivity index (χ1n) is 6.52. The van der Waals surface area contributed by atoms with Gasteiger partial charge < -0.3 is 13.9 Å². The van der Waals surface area contributed by atoms with Gasteiger partial charge in [0.2, 0.25) is 0 Å². The van der Waals surface area contributed by atoms with Crippen LogP contribution in [0.4, 0.5) is 5.88 Å². The van der Waals surface area contributed by atoms with E-state index < -0.39 is 16.8 Å². The van der Waals surface area contributed by atoms with Crippen LogP contribution in [0.5, 0.6) is 5.75 Å². The van der Waals surface area contributed by atoms with Crippen molar-refractivity contribution in [2.24, 2.45) is 0 Å². The third-order valence-corrected chi connectivity index (χ3v) is 2.91. The van der Waals surface area contributed by atoms with Crippen molar-refractivity contribution < 1.29 is 23.6 Å². The Hall–Kier alpha value is -2.80. The van der Waals surface area contributed by atoms with Gasteiger partial charge in [0.25, 0.3) is 0 Å². The third kappa shape index (κ3) is 5.15. The molecule has 1 heterocycles. The van der Waals surface area contributed by atoms with Crippen LogP contribution in [-0.4, -0.2) is 24.1 Å². The lowest BCUT2D eigenvalue weighted by Crippen LogP contribution is -2.10. The summed E-state index contributed by atoms with van der Waals surface area (Å²) in [6.07, 6.45) is 2.39. The van der Waals surface area contributed by atoms with Crippen molar-refractivity contribution in [2.45, 2.75) is 0 Å². The van der Waals surface area contributed by atoms with E-state index in [1.807, 2.05) is 0 Å². The minimum atomic E-state index is -0.665. The maximum atomic E-state index is 11.5. The molecule has 0 unspecified atom stereocenters. The normalized spacial score (nSPS) is 10.7. The second kappa shape index (κ2) is 8.00. The molecule has 23 heavy (non-hydrogen) atoms. The van der Waals surface area contributed by atoms with Crippen molar-refractivity contribution in [3.05, 3.63) is 63.4 Å². The van der Waals surface area contributed by atoms with Crippen molar-refractivity contribution in [3.63, 3.8) is 0 Å². The van der Waals surface area contributed by atoms with Crippen LogP contribution < -0.4 is 4.74 Å². The molecule has 2 aromatic rings. The van der Waals surface area contributed by atoms with Gasteiger partial charge in [0.05, 0.1) is 11.1 Å². The zero-order valence-electron chi connectivity index (χ0n) is 11.8. The van der Waals surface area contributed by atoms with Crippen LogP contribution >= 0.6 is 11.6 Å². The largest absolute Gasteiger partial charge is 0.488 e. The van der Waals surface area contributed by atoms with Crippen molar-refractivity contribution in [3.8, 4) is 5.75 Å². The Morgan fingerprint density at radius 1 is 1.26 bits per heavy atom. The zero-order chi connectivity index (χ0) is 16.7. The number of carbonyl (C=O) groups is 1. The Morgan fingerprint density at radius 3 is 2.74 bits per heavy atom. The van der Waals surface area contributed by atoms with Gasteiger partial charge in [-0.3, -0.25) is 10.1 Å². The number of ether oxygens (including phenoxy) is 2. The number of esters is 1. The zero-order valence-corrected chi connectivity index (χ0v) is 12.6. The van der Waals surface area contributed by atoms with Crippen LogP contribution in [0.15, 0.2) is 46.9 Å². The van der Waals surface area contributed by atoms with E-state index in [0.29, 0.717) is 10.8 Å². The number of nitrogens with zero attached hydrogens (tertiary/aromatic N) is 1. The molecule has 1 aromatic carbocycles. The molecule has 1 aromatic heterocycles. The smallest absolute Gasteiger partial charge is 0.433 e. The molecule has 0 bridgehead atoms. The van der Waals surface area contributed by atoms with E-state index in [9.17, 15) is 14.9 Å². The maximum Gasteiger partial charge on any atom is 0.433 e. The van der Waals surface area contributed by atoms with E-state index in [-0.39, 0.29) is 19.0 Å². The number of para-hydroxylation sites is 1. The number of hydrogen-bond donors (Lipinski definition) is 0. The van der Waals surface area contributed by atoms with Crippen LogP contribution in [0.2, 0.25) is 5.02 Å². The first kappa shape index (κ1) is 16.6. The Balaban J connectivity index is 1.73. The van der Waals surface area contributed by atoms with Gasteiger partial charge in [-0.15, -0.1) is 0 Å². The second-order valence-corrected chi connectivity index (χ2v) is 4.62. The lowest BCUT2D eigenvalue weighted by molar-refractivity contribution is -0.402. The molecule has 0 aliphatic heterocycles. The molecule has 8 heteroatoms. The predicted molar refractivity (Wildman–Crippen MR) is 82.3 cm³/mol. The van der Waals surface area contributed by atoms with E-state index >= 15 is 0 Å². The summed E-state index contributed by atoms with van der Waals surface area (Å²) in [5, 5.41) is 10.9. The van der Waals surface area contributed by atoms with Crippen LogP contribution in [0, 0.1) is 10.1 Å². The molecule has 120 valence electrons. The van der Waals surface area contributed by atoms with Crippen molar-refractivity contribution in [2.75, 3.05) is 13.2 Å². The topological polar surface area (TPSA) is 91.8 Å². The fourth-order valence-corrected chi connectivity index (χ4v) is 1.77. The maximum absolute atomic E-state index is 11.5. The highest BCUT2D eigenvalue weighted by Gasteiger charge is 2.10. The fraction of sp³-hybridized carbons (Fsp3) is 0.133. The molecule has 0 aliphatic rings. The quantitative estimate of drug-likeness (QED) is 0.252. The number of furan rings is 1. The van der Waals surface area contributed by atoms with E-state index in [1.165, 1.54) is 18.2 Å². The summed E-state index contributed by atoms with van der Waals surface area (Å²) < 4.78 is 15.1. The molecule has 0 amide bonds. The molecular formula is C15H12ClNO6. The summed E-state index contributed by atoms with van der Waals surface area (Å²) in [5.41, 5.74) is 0. The van der Waals surface area contributed by atoms with Crippen LogP contribution in [-0.2, 0) is 9.53 Å². The molecule has 0 aliphatic carbocycles. The highest BCUT2D eigenvalue weighted by molar-refractivity contribution is 6.32. The summed E-state index contributed by atoms with van der Waals surface area (Å²) in [6, 6.07) is 9.52. The first-order chi connectivity index (χ1) is 11.1. The molecule has 0 radical (unpaired) electrons. The Labute approximate surface area is 136 Å². The SMILES string of the molecule is O=C(/C=C/c1ccc([N+](=O)[O-])o1)OCCOc1ccccc1Cl. The molecule has 7 nitrogen and oxygen atoms in total. The highest BCUT2D eigenvalue weighted by atomic mass is 35.5. The minimum Gasteiger partial charge on any atom is -0.488 e. The summed E-state index contributed by atoms with van der Waals surface area (Å²) in [7, 11) is 0. The van der Waals surface area contributed by atoms with E-state index in [0.717, 1.165) is 6.08 Å². The lowest BCUT2D eigenvalue weighted by atomic mass is 10.3. The third-order valence-electron chi connectivity index (χ3n) is 2.60. The molecule has 0 spiro atoms. The standard InChI is InChI=1S/C15H12ClNO6/c16-12-3-1-2-4-13(12)21-9-10-22-15(18)8-6-11-5-7-14(23-11)17(19)20/h1-8H,9-10H2/b8-6+. The first-order valence-corrected chi connectivity index (χ1v) is 6.90. The minimum absolute atomic E-state index is 0.0344. The number of hydrogen-bond acceptors (Lipinski definition) is 6. The van der Waals surface area contributed by atoms with Gasteiger partial charge >= 0.3 is 11.9 Å². The number of nitro groups is 1. The molecular weight excluding hydrogens is 326 g/mol. The lowest BCUT2D eigenvalue weighted by Gasteiger charge is -2.07. The number of rotatable bonds is 7. The van der Waals surface area contributed by atoms with E-state index in [4.69, 9.17) is 25.5 Å². The predicted octanol–water partition coefficient (Wildman–Crippen LogP) is 3.48. The number of carbonyl (C=O) groups excluding carboxylic acids is 1. The molecule has 0 saturated carbocycles. The summed E-state index contributed by atoms with van der Waals surface area (Å²) in [6.45, 7) is 0.183. The van der Waals surface area contributed by atoms with Crippen LogP contribution in [0.25, 0.3) is 6.08 Å². The van der Waals surface area contributed by atoms with Gasteiger partial charge in [0.15, 0.2) is 0 Å². The highest BCUT2D eigenvalue weighted by Crippen LogP contribution is 2.22. The number of benzene rings is 1. The van der Waals surface area contributed by atoms with Gasteiger partial charge in [-0.25, -0.2) is 4.79 Å². The van der Waals surface area contributed by atoms with Crippen LogP contribution in [0.3, 0.4) is 0 Å². The second-order valence-electron chi connectivity index (χ2n) is 4.21. The van der Waals surface area contributed by atoms with Gasteiger partial charge in [-0.2, -0.15) is 0 Å². The summed E-state index contributed by atoms with van der Waals surface area (Å²) in [4.78, 5) is 21.2. The molecule has 2 rings (SSSR count). The molecule has 0 fully saturated rings. The van der Waals surface area contributed by atoms with Crippen LogP contribution in [0.1, 0.15) is 5.76 Å². The Morgan fingerprint density at radius 2 is 2.04 bits per heavy atom. The summed E-state index contributed by atoms with van der Waals surface area (Å²) in [5.74, 6) is -0.331. The van der Waals surface area contributed by atoms with Gasteiger partial charge in [-0.05, 0) is 24.3 Å². The number of halogens is 1. The fourth-order valence-electron chi connectivity index (χ4n) is 1.58. The van der Waals surface area contributed by atoms with Crippen molar-refractivity contribution in [1.29, 1.82) is 0 Å². The van der Waals surface area contributed by atoms with E-state index in [2.05, 4.69) is 0 Å². The molecule has 0 atom stereocenters. The molecule has 0 N–H and O–H groups in total. The monoisotopic (exact) mass is 337 g/mol. The van der Waals surface area contributed by atoms with Crippen molar-refractivity contribution in [1.82, 2.24) is 0 Å². The Bertz CT molecular complexity index is 724. The van der Waals surface area contributed by atoms with Gasteiger partial charge in [-0.1, -0.05) is 23.7 Å². The molecule has 0 saturated heterocycles. The average molecular weight is 338 g/mol. The van der Waals surface area contributed by atoms with Gasteiger partial charge in [0.1, 0.15) is 29.6 Å². The van der Waals surface area contributed by atoms with Gasteiger partial charge in [0, 0.05) is 6.08 Å². The Kier molecular flexibility index (Phi) is 5.76. The average Bonchev–Trinajstić information content (AvgIpc) is 3.00. The summed E-state index contributed by atoms with van der Waals surface area (Å²) >= 11 is 5.91.